The van der Waals surface area contributed by atoms with E-state index in [1.54, 1.807) is 32.6 Å². The van der Waals surface area contributed by atoms with E-state index in [1.807, 2.05) is 0 Å². The molecule has 1 aliphatic rings. The number of piperidine rings is 1. The van der Waals surface area contributed by atoms with Gasteiger partial charge in [0.15, 0.2) is 0 Å². The molecule has 9 nitrogen and oxygen atoms in total. The summed E-state index contributed by atoms with van der Waals surface area (Å²) in [7, 11) is -1.96. The standard InChI is InChI=1S/C17H24N6O3S/c1-13-16(12-22(2)21-13)27(25,26)23-9-3-4-14(11-23)17(24)20-6-5-15-10-18-7-8-19-15/h7-8,10,12,14H,3-6,9,11H2,1-2H3,(H,20,24)/t14-/m1/s1. The van der Waals surface area contributed by atoms with Gasteiger partial charge in [-0.05, 0) is 19.8 Å². The van der Waals surface area contributed by atoms with E-state index >= 15 is 0 Å². The van der Waals surface area contributed by atoms with Gasteiger partial charge in [-0.25, -0.2) is 8.42 Å². The summed E-state index contributed by atoms with van der Waals surface area (Å²) in [5.41, 5.74) is 1.27. The Balaban J connectivity index is 1.60. The van der Waals surface area contributed by atoms with Crippen LogP contribution in [0.4, 0.5) is 0 Å². The van der Waals surface area contributed by atoms with Gasteiger partial charge in [0.2, 0.25) is 15.9 Å². The van der Waals surface area contributed by atoms with Crippen LogP contribution in [0.25, 0.3) is 0 Å². The molecule has 1 saturated heterocycles. The van der Waals surface area contributed by atoms with Crippen molar-refractivity contribution in [1.82, 2.24) is 29.4 Å². The molecule has 2 aromatic heterocycles. The van der Waals surface area contributed by atoms with Gasteiger partial charge in [-0.1, -0.05) is 0 Å². The molecule has 1 atom stereocenters. The first-order valence-corrected chi connectivity index (χ1v) is 10.3. The topological polar surface area (TPSA) is 110 Å². The minimum atomic E-state index is -3.65. The summed E-state index contributed by atoms with van der Waals surface area (Å²) in [6, 6.07) is 0. The lowest BCUT2D eigenvalue weighted by atomic mass is 9.99. The third kappa shape index (κ3) is 4.51. The van der Waals surface area contributed by atoms with Gasteiger partial charge in [0.25, 0.3) is 0 Å². The second kappa shape index (κ2) is 8.13. The highest BCUT2D eigenvalue weighted by Gasteiger charge is 2.34. The van der Waals surface area contributed by atoms with E-state index in [1.165, 1.54) is 15.2 Å². The molecular weight excluding hydrogens is 368 g/mol. The van der Waals surface area contributed by atoms with Gasteiger partial charge < -0.3 is 5.32 Å². The number of carbonyl (C=O) groups is 1. The van der Waals surface area contributed by atoms with Gasteiger partial charge in [0.1, 0.15) is 4.90 Å². The summed E-state index contributed by atoms with van der Waals surface area (Å²) in [5.74, 6) is -0.478. The van der Waals surface area contributed by atoms with E-state index < -0.39 is 10.0 Å². The Bertz CT molecular complexity index is 897. The Morgan fingerprint density at radius 1 is 1.37 bits per heavy atom. The molecule has 3 rings (SSSR count). The number of rotatable bonds is 6. The first kappa shape index (κ1) is 19.4. The molecule has 1 aliphatic heterocycles. The van der Waals surface area contributed by atoms with E-state index in [9.17, 15) is 13.2 Å². The maximum Gasteiger partial charge on any atom is 0.246 e. The van der Waals surface area contributed by atoms with E-state index in [0.29, 0.717) is 38.0 Å². The summed E-state index contributed by atoms with van der Waals surface area (Å²) in [4.78, 5) is 20.8. The van der Waals surface area contributed by atoms with Crippen LogP contribution < -0.4 is 5.32 Å². The van der Waals surface area contributed by atoms with Crippen molar-refractivity contribution in [2.24, 2.45) is 13.0 Å². The lowest BCUT2D eigenvalue weighted by Gasteiger charge is -2.31. The highest BCUT2D eigenvalue weighted by Crippen LogP contribution is 2.25. The fourth-order valence-corrected chi connectivity index (χ4v) is 4.99. The molecular formula is C17H24N6O3S. The Labute approximate surface area is 158 Å². The normalized spacial score (nSPS) is 18.4. The molecule has 0 spiro atoms. The maximum atomic E-state index is 12.9. The van der Waals surface area contributed by atoms with Crippen LogP contribution >= 0.6 is 0 Å². The molecule has 0 aromatic carbocycles. The van der Waals surface area contributed by atoms with Crippen LogP contribution in [0.3, 0.4) is 0 Å². The SMILES string of the molecule is Cc1nn(C)cc1S(=O)(=O)N1CCC[C@@H](C(=O)NCCc2cnccn2)C1. The quantitative estimate of drug-likeness (QED) is 0.756. The lowest BCUT2D eigenvalue weighted by molar-refractivity contribution is -0.126. The van der Waals surface area contributed by atoms with Crippen LogP contribution in [0.5, 0.6) is 0 Å². The summed E-state index contributed by atoms with van der Waals surface area (Å²) in [6.45, 7) is 2.73. The number of nitrogens with zero attached hydrogens (tertiary/aromatic N) is 5. The fourth-order valence-electron chi connectivity index (χ4n) is 3.26. The zero-order valence-corrected chi connectivity index (χ0v) is 16.3. The van der Waals surface area contributed by atoms with E-state index in [0.717, 1.165) is 5.69 Å². The number of amides is 1. The zero-order valence-electron chi connectivity index (χ0n) is 15.5. The predicted octanol–water partition coefficient (Wildman–Crippen LogP) is 0.278. The molecule has 1 amide bonds. The smallest absolute Gasteiger partial charge is 0.246 e. The van der Waals surface area contributed by atoms with Crippen LogP contribution in [0.15, 0.2) is 29.7 Å². The zero-order chi connectivity index (χ0) is 19.4. The second-order valence-electron chi connectivity index (χ2n) is 6.69. The number of nitrogens with one attached hydrogen (secondary N) is 1. The monoisotopic (exact) mass is 392 g/mol. The Morgan fingerprint density at radius 3 is 2.85 bits per heavy atom. The van der Waals surface area contributed by atoms with Gasteiger partial charge in [0.05, 0.1) is 17.3 Å². The van der Waals surface area contributed by atoms with Crippen molar-refractivity contribution < 1.29 is 13.2 Å². The summed E-state index contributed by atoms with van der Waals surface area (Å²) in [6.07, 6.45) is 8.30. The third-order valence-corrected chi connectivity index (χ3v) is 6.61. The van der Waals surface area contributed by atoms with Crippen LogP contribution in [0, 0.1) is 12.8 Å². The molecule has 0 unspecified atom stereocenters. The number of hydrogen-bond acceptors (Lipinski definition) is 6. The molecule has 2 aromatic rings. The second-order valence-corrected chi connectivity index (χ2v) is 8.60. The van der Waals surface area contributed by atoms with E-state index in [4.69, 9.17) is 0 Å². The van der Waals surface area contributed by atoms with Gasteiger partial charge in [-0.3, -0.25) is 19.4 Å². The molecule has 0 radical (unpaired) electrons. The Hall–Kier alpha value is -2.33. The minimum absolute atomic E-state index is 0.123. The molecule has 3 heterocycles. The van der Waals surface area contributed by atoms with Crippen molar-refractivity contribution in [3.8, 4) is 0 Å². The van der Waals surface area contributed by atoms with Crippen LogP contribution in [0.1, 0.15) is 24.2 Å². The first-order valence-electron chi connectivity index (χ1n) is 8.91. The first-order chi connectivity index (χ1) is 12.9. The van der Waals surface area contributed by atoms with E-state index in [2.05, 4.69) is 20.4 Å². The van der Waals surface area contributed by atoms with Crippen molar-refractivity contribution in [2.75, 3.05) is 19.6 Å². The molecule has 1 fully saturated rings. The fraction of sp³-hybridized carbons (Fsp3) is 0.529. The summed E-state index contributed by atoms with van der Waals surface area (Å²) < 4.78 is 28.7. The Morgan fingerprint density at radius 2 is 2.19 bits per heavy atom. The average Bonchev–Trinajstić information content (AvgIpc) is 3.01. The van der Waals surface area contributed by atoms with Gasteiger partial charge in [-0.2, -0.15) is 9.40 Å². The molecule has 0 bridgehead atoms. The average molecular weight is 392 g/mol. The number of hydrogen-bond donors (Lipinski definition) is 1. The van der Waals surface area contributed by atoms with Crippen molar-refractivity contribution in [1.29, 1.82) is 0 Å². The number of aryl methyl sites for hydroxylation is 2. The Kier molecular flexibility index (Phi) is 5.85. The molecule has 1 N–H and O–H groups in total. The molecule has 0 saturated carbocycles. The van der Waals surface area contributed by atoms with Crippen molar-refractivity contribution in [2.45, 2.75) is 31.1 Å². The van der Waals surface area contributed by atoms with Gasteiger partial charge in [0, 0.05) is 57.9 Å². The van der Waals surface area contributed by atoms with Crippen LogP contribution in [-0.4, -0.2) is 58.0 Å². The maximum absolute atomic E-state index is 12.9. The minimum Gasteiger partial charge on any atom is -0.355 e. The number of aromatic nitrogens is 4. The third-order valence-electron chi connectivity index (χ3n) is 4.64. The van der Waals surface area contributed by atoms with Crippen molar-refractivity contribution in [3.05, 3.63) is 36.2 Å². The highest BCUT2D eigenvalue weighted by molar-refractivity contribution is 7.89. The van der Waals surface area contributed by atoms with Crippen LogP contribution in [0.2, 0.25) is 0 Å². The largest absolute Gasteiger partial charge is 0.355 e. The number of carbonyl (C=O) groups excluding carboxylic acids is 1. The molecule has 27 heavy (non-hydrogen) atoms. The lowest BCUT2D eigenvalue weighted by Crippen LogP contribution is -2.45. The molecule has 146 valence electrons. The molecule has 10 heteroatoms. The van der Waals surface area contributed by atoms with Crippen LogP contribution in [-0.2, 0) is 28.3 Å². The van der Waals surface area contributed by atoms with Crippen molar-refractivity contribution in [3.63, 3.8) is 0 Å². The van der Waals surface area contributed by atoms with Crippen molar-refractivity contribution >= 4 is 15.9 Å². The highest BCUT2D eigenvalue weighted by atomic mass is 32.2. The predicted molar refractivity (Wildman–Crippen MR) is 98.2 cm³/mol. The van der Waals surface area contributed by atoms with E-state index in [-0.39, 0.29) is 23.3 Å². The summed E-state index contributed by atoms with van der Waals surface area (Å²) in [5, 5.41) is 7.00. The van der Waals surface area contributed by atoms with Gasteiger partial charge >= 0.3 is 0 Å². The number of sulfonamides is 1. The summed E-state index contributed by atoms with van der Waals surface area (Å²) >= 11 is 0. The molecule has 0 aliphatic carbocycles. The van der Waals surface area contributed by atoms with Gasteiger partial charge in [-0.15, -0.1) is 0 Å².